The first-order valence-corrected chi connectivity index (χ1v) is 11.3. The molecule has 0 radical (unpaired) electrons. The van der Waals surface area contributed by atoms with Crippen molar-refractivity contribution >= 4 is 27.3 Å². The minimum Gasteiger partial charge on any atom is -0.459 e. The van der Waals surface area contributed by atoms with Gasteiger partial charge in [0, 0.05) is 18.3 Å². The van der Waals surface area contributed by atoms with E-state index >= 15 is 0 Å². The fraction of sp³-hybridized carbons (Fsp3) is 0.217. The molecule has 0 unspecified atom stereocenters. The van der Waals surface area contributed by atoms with Crippen LogP contribution in [0.25, 0.3) is 0 Å². The van der Waals surface area contributed by atoms with Crippen LogP contribution in [0.3, 0.4) is 0 Å². The summed E-state index contributed by atoms with van der Waals surface area (Å²) in [5, 5.41) is 2.80. The summed E-state index contributed by atoms with van der Waals surface area (Å²) < 4.78 is 30.6. The van der Waals surface area contributed by atoms with Crippen LogP contribution in [0.1, 0.15) is 27.2 Å². The molecule has 1 N–H and O–H groups in total. The monoisotopic (exact) mass is 440 g/mol. The van der Waals surface area contributed by atoms with Gasteiger partial charge in [-0.15, -0.1) is 0 Å². The highest BCUT2D eigenvalue weighted by atomic mass is 32.2. The minimum absolute atomic E-state index is 0.0958. The average Bonchev–Trinajstić information content (AvgIpc) is 3.18. The Hall–Kier alpha value is -3.39. The Morgan fingerprint density at radius 3 is 2.45 bits per heavy atom. The first-order valence-electron chi connectivity index (χ1n) is 9.64. The summed E-state index contributed by atoms with van der Waals surface area (Å²) in [5.74, 6) is -1.41. The van der Waals surface area contributed by atoms with Crippen LogP contribution in [-0.2, 0) is 20.4 Å². The van der Waals surface area contributed by atoms with Crippen molar-refractivity contribution < 1.29 is 22.4 Å². The smallest absolute Gasteiger partial charge is 0.290 e. The number of benzene rings is 2. The lowest BCUT2D eigenvalue weighted by atomic mass is 10.1. The number of anilines is 1. The van der Waals surface area contributed by atoms with Gasteiger partial charge in [0.1, 0.15) is 0 Å². The van der Waals surface area contributed by atoms with Gasteiger partial charge in [0.25, 0.3) is 5.91 Å². The van der Waals surface area contributed by atoms with Gasteiger partial charge in [-0.05, 0) is 49.2 Å². The maximum absolute atomic E-state index is 12.8. The lowest BCUT2D eigenvalue weighted by molar-refractivity contribution is -0.116. The van der Waals surface area contributed by atoms with Gasteiger partial charge < -0.3 is 14.6 Å². The van der Waals surface area contributed by atoms with Crippen LogP contribution in [0, 0.1) is 13.8 Å². The van der Waals surface area contributed by atoms with Gasteiger partial charge in [-0.25, -0.2) is 8.42 Å². The summed E-state index contributed by atoms with van der Waals surface area (Å²) in [6.45, 7) is 3.59. The van der Waals surface area contributed by atoms with E-state index in [0.717, 1.165) is 11.1 Å². The fourth-order valence-corrected chi connectivity index (χ4v) is 4.45. The number of rotatable bonds is 7. The molecule has 2 amide bonds. The van der Waals surface area contributed by atoms with Crippen LogP contribution >= 0.6 is 0 Å². The number of furan rings is 1. The normalized spacial score (nSPS) is 11.2. The van der Waals surface area contributed by atoms with Crippen molar-refractivity contribution in [2.24, 2.45) is 0 Å². The molecule has 3 rings (SSSR count). The number of nitrogens with zero attached hydrogens (tertiary/aromatic N) is 1. The first kappa shape index (κ1) is 22.3. The molecule has 0 saturated heterocycles. The second kappa shape index (κ2) is 9.18. The van der Waals surface area contributed by atoms with E-state index in [2.05, 4.69) is 5.32 Å². The quantitative estimate of drug-likeness (QED) is 0.606. The van der Waals surface area contributed by atoms with Gasteiger partial charge >= 0.3 is 0 Å². The summed E-state index contributed by atoms with van der Waals surface area (Å²) >= 11 is 0. The van der Waals surface area contributed by atoms with Crippen LogP contribution in [0.5, 0.6) is 0 Å². The van der Waals surface area contributed by atoms with Gasteiger partial charge in [-0.2, -0.15) is 0 Å². The molecule has 0 aliphatic heterocycles. The van der Waals surface area contributed by atoms with E-state index in [1.807, 2.05) is 32.0 Å². The van der Waals surface area contributed by atoms with Crippen LogP contribution < -0.4 is 5.32 Å². The van der Waals surface area contributed by atoms with Crippen LogP contribution in [-0.4, -0.2) is 38.7 Å². The Kier molecular flexibility index (Phi) is 6.60. The second-order valence-corrected chi connectivity index (χ2v) is 9.36. The van der Waals surface area contributed by atoms with E-state index < -0.39 is 15.7 Å². The molecule has 0 fully saturated rings. The molecule has 162 valence electrons. The summed E-state index contributed by atoms with van der Waals surface area (Å²) in [7, 11) is -2.19. The van der Waals surface area contributed by atoms with E-state index in [4.69, 9.17) is 4.42 Å². The predicted octanol–water partition coefficient (Wildman–Crippen LogP) is 3.58. The van der Waals surface area contributed by atoms with E-state index in [-0.39, 0.29) is 34.4 Å². The number of sulfone groups is 1. The van der Waals surface area contributed by atoms with Gasteiger partial charge in [0.05, 0.1) is 23.5 Å². The van der Waals surface area contributed by atoms with Crippen molar-refractivity contribution in [2.75, 3.05) is 18.9 Å². The Morgan fingerprint density at radius 1 is 1.03 bits per heavy atom. The molecule has 0 saturated carbocycles. The predicted molar refractivity (Wildman–Crippen MR) is 118 cm³/mol. The van der Waals surface area contributed by atoms with Gasteiger partial charge in [-0.1, -0.05) is 30.3 Å². The van der Waals surface area contributed by atoms with Crippen molar-refractivity contribution in [1.29, 1.82) is 0 Å². The number of likely N-dealkylation sites (N-methyl/N-ethyl adjacent to an activating group) is 1. The van der Waals surface area contributed by atoms with E-state index in [1.54, 1.807) is 18.2 Å². The molecule has 31 heavy (non-hydrogen) atoms. The molecular weight excluding hydrogens is 416 g/mol. The number of hydrogen-bond acceptors (Lipinski definition) is 5. The van der Waals surface area contributed by atoms with Crippen molar-refractivity contribution in [3.63, 3.8) is 0 Å². The zero-order valence-electron chi connectivity index (χ0n) is 17.6. The van der Waals surface area contributed by atoms with E-state index in [0.29, 0.717) is 5.69 Å². The number of hydrogen-bond donors (Lipinski definition) is 1. The Labute approximate surface area is 181 Å². The number of amides is 2. The van der Waals surface area contributed by atoms with E-state index in [9.17, 15) is 18.0 Å². The molecule has 0 bridgehead atoms. The summed E-state index contributed by atoms with van der Waals surface area (Å²) in [6, 6.07) is 15.2. The average molecular weight is 441 g/mol. The summed E-state index contributed by atoms with van der Waals surface area (Å²) in [5.41, 5.74) is 2.84. The van der Waals surface area contributed by atoms with Crippen molar-refractivity contribution in [1.82, 2.24) is 4.90 Å². The third-order valence-electron chi connectivity index (χ3n) is 4.78. The molecule has 0 atom stereocenters. The molecule has 8 heteroatoms. The number of carbonyl (C=O) groups excluding carboxylic acids is 2. The molecule has 0 aliphatic rings. The lowest BCUT2D eigenvalue weighted by Gasteiger charge is -2.17. The van der Waals surface area contributed by atoms with E-state index in [1.165, 1.54) is 36.4 Å². The number of carbonyl (C=O) groups is 2. The zero-order valence-corrected chi connectivity index (χ0v) is 18.4. The zero-order chi connectivity index (χ0) is 22.6. The SMILES string of the molecule is Cc1ccc(C)c(NC(=O)CN(C)C(=O)c2occc2CS(=O)(=O)c2ccccc2)c1. The van der Waals surface area contributed by atoms with Crippen LogP contribution in [0.15, 0.2) is 70.2 Å². The highest BCUT2D eigenvalue weighted by Crippen LogP contribution is 2.21. The Balaban J connectivity index is 1.70. The molecule has 7 nitrogen and oxygen atoms in total. The molecule has 1 aromatic heterocycles. The standard InChI is InChI=1S/C23H24N2O5S/c1-16-9-10-17(2)20(13-16)24-21(26)14-25(3)23(27)22-18(11-12-30-22)15-31(28,29)19-7-5-4-6-8-19/h4-13H,14-15H2,1-3H3,(H,24,26). The first-order chi connectivity index (χ1) is 14.7. The molecule has 3 aromatic rings. The highest BCUT2D eigenvalue weighted by Gasteiger charge is 2.25. The lowest BCUT2D eigenvalue weighted by Crippen LogP contribution is -2.35. The van der Waals surface area contributed by atoms with Crippen LogP contribution in [0.4, 0.5) is 5.69 Å². The van der Waals surface area contributed by atoms with Crippen molar-refractivity contribution in [3.05, 3.63) is 83.3 Å². The molecule has 0 spiro atoms. The summed E-state index contributed by atoms with van der Waals surface area (Å²) in [6.07, 6.45) is 1.27. The second-order valence-electron chi connectivity index (χ2n) is 7.37. The molecule has 2 aromatic carbocycles. The van der Waals surface area contributed by atoms with Gasteiger partial charge in [0.15, 0.2) is 15.6 Å². The Morgan fingerprint density at radius 2 is 1.74 bits per heavy atom. The number of nitrogens with one attached hydrogen (secondary N) is 1. The largest absolute Gasteiger partial charge is 0.459 e. The van der Waals surface area contributed by atoms with Crippen molar-refractivity contribution in [3.8, 4) is 0 Å². The number of aryl methyl sites for hydroxylation is 2. The molecular formula is C23H24N2O5S. The van der Waals surface area contributed by atoms with Crippen molar-refractivity contribution in [2.45, 2.75) is 24.5 Å². The third kappa shape index (κ3) is 5.40. The Bertz CT molecular complexity index is 1200. The maximum atomic E-state index is 12.8. The summed E-state index contributed by atoms with van der Waals surface area (Å²) in [4.78, 5) is 26.6. The van der Waals surface area contributed by atoms with Gasteiger partial charge in [0.2, 0.25) is 5.91 Å². The third-order valence-corrected chi connectivity index (χ3v) is 6.46. The highest BCUT2D eigenvalue weighted by molar-refractivity contribution is 7.90. The van der Waals surface area contributed by atoms with Crippen LogP contribution in [0.2, 0.25) is 0 Å². The minimum atomic E-state index is -3.65. The van der Waals surface area contributed by atoms with Gasteiger partial charge in [-0.3, -0.25) is 9.59 Å². The molecule has 1 heterocycles. The fourth-order valence-electron chi connectivity index (χ4n) is 3.07. The maximum Gasteiger partial charge on any atom is 0.290 e. The topological polar surface area (TPSA) is 96.7 Å². The molecule has 0 aliphatic carbocycles.